The van der Waals surface area contributed by atoms with E-state index in [0.717, 1.165) is 28.1 Å². The van der Waals surface area contributed by atoms with Crippen molar-refractivity contribution in [2.75, 3.05) is 5.32 Å². The quantitative estimate of drug-likeness (QED) is 0.757. The third-order valence-corrected chi connectivity index (χ3v) is 4.10. The van der Waals surface area contributed by atoms with Crippen molar-refractivity contribution in [3.8, 4) is 0 Å². The molecule has 0 spiro atoms. The molecule has 0 aliphatic rings. The van der Waals surface area contributed by atoms with Gasteiger partial charge in [0.15, 0.2) is 0 Å². The van der Waals surface area contributed by atoms with Gasteiger partial charge < -0.3 is 5.32 Å². The van der Waals surface area contributed by atoms with Gasteiger partial charge in [0.1, 0.15) is 0 Å². The summed E-state index contributed by atoms with van der Waals surface area (Å²) >= 11 is 5.81. The first-order valence-corrected chi connectivity index (χ1v) is 7.14. The van der Waals surface area contributed by atoms with E-state index in [1.165, 1.54) is 9.13 Å². The summed E-state index contributed by atoms with van der Waals surface area (Å²) in [5.41, 5.74) is 4.56. The van der Waals surface area contributed by atoms with Gasteiger partial charge in [0.25, 0.3) is 0 Å². The fourth-order valence-electron chi connectivity index (χ4n) is 1.65. The second-order valence-corrected chi connectivity index (χ2v) is 5.97. The Kier molecular flexibility index (Phi) is 4.09. The van der Waals surface area contributed by atoms with E-state index in [-0.39, 0.29) is 0 Å². The van der Waals surface area contributed by atoms with Crippen molar-refractivity contribution in [1.29, 1.82) is 0 Å². The van der Waals surface area contributed by atoms with Crippen LogP contribution in [-0.4, -0.2) is 10.2 Å². The van der Waals surface area contributed by atoms with Gasteiger partial charge in [-0.3, -0.25) is 5.10 Å². The highest BCUT2D eigenvalue weighted by Crippen LogP contribution is 2.24. The molecule has 1 aromatic heterocycles. The first-order valence-electron chi connectivity index (χ1n) is 5.27. The van der Waals surface area contributed by atoms with E-state index in [1.807, 2.05) is 19.9 Å². The molecule has 0 saturated heterocycles. The number of H-pyrrole nitrogens is 1. The lowest BCUT2D eigenvalue weighted by Gasteiger charge is -2.09. The number of halogens is 2. The molecule has 2 rings (SSSR count). The Bertz CT molecular complexity index is 517. The van der Waals surface area contributed by atoms with Gasteiger partial charge in [0, 0.05) is 31.5 Å². The molecule has 0 fully saturated rings. The molecule has 2 N–H and O–H groups in total. The van der Waals surface area contributed by atoms with Crippen LogP contribution in [-0.2, 0) is 6.54 Å². The zero-order valence-corrected chi connectivity index (χ0v) is 13.4. The van der Waals surface area contributed by atoms with Crippen LogP contribution in [0.3, 0.4) is 0 Å². The van der Waals surface area contributed by atoms with Crippen LogP contribution in [0.2, 0.25) is 0 Å². The maximum Gasteiger partial charge on any atom is 0.0643 e. The van der Waals surface area contributed by atoms with Gasteiger partial charge in [-0.05, 0) is 54.6 Å². The molecule has 90 valence electrons. The van der Waals surface area contributed by atoms with E-state index >= 15 is 0 Å². The Morgan fingerprint density at radius 1 is 1.41 bits per heavy atom. The molecule has 0 amide bonds. The minimum atomic E-state index is 0.792. The van der Waals surface area contributed by atoms with Crippen LogP contribution in [0.15, 0.2) is 22.7 Å². The molecule has 0 atom stereocenters. The Labute approximate surface area is 123 Å². The second kappa shape index (κ2) is 5.39. The van der Waals surface area contributed by atoms with Crippen LogP contribution < -0.4 is 5.32 Å². The average molecular weight is 406 g/mol. The average Bonchev–Trinajstić information content (AvgIpc) is 2.61. The van der Waals surface area contributed by atoms with Gasteiger partial charge in [0.2, 0.25) is 0 Å². The fourth-order valence-corrected chi connectivity index (χ4v) is 2.54. The number of rotatable bonds is 3. The number of hydrogen-bond donors (Lipinski definition) is 2. The molecule has 0 saturated carbocycles. The first kappa shape index (κ1) is 12.9. The van der Waals surface area contributed by atoms with Crippen molar-refractivity contribution in [1.82, 2.24) is 10.2 Å². The minimum absolute atomic E-state index is 0.792. The third-order valence-electron chi connectivity index (χ3n) is 2.66. The van der Waals surface area contributed by atoms with Crippen LogP contribution in [0.25, 0.3) is 0 Å². The molecule has 1 heterocycles. The van der Waals surface area contributed by atoms with Crippen LogP contribution >= 0.6 is 38.5 Å². The molecule has 0 aliphatic heterocycles. The van der Waals surface area contributed by atoms with Crippen molar-refractivity contribution < 1.29 is 0 Å². The highest BCUT2D eigenvalue weighted by molar-refractivity contribution is 14.1. The van der Waals surface area contributed by atoms with Gasteiger partial charge in [-0.25, -0.2) is 0 Å². The maximum absolute atomic E-state index is 4.19. The number of benzene rings is 1. The number of aromatic nitrogens is 2. The first-order chi connectivity index (χ1) is 8.08. The minimum Gasteiger partial charge on any atom is -0.380 e. The van der Waals surface area contributed by atoms with Crippen LogP contribution in [0, 0.1) is 17.4 Å². The standard InChI is InChI=1S/C12H13BrIN3/c1-7-10(8(2)17-16-7)6-15-12-5-9(13)3-4-11(12)14/h3-5,15H,6H2,1-2H3,(H,16,17). The lowest BCUT2D eigenvalue weighted by molar-refractivity contribution is 1.02. The monoisotopic (exact) mass is 405 g/mol. The predicted molar refractivity (Wildman–Crippen MR) is 82.2 cm³/mol. The summed E-state index contributed by atoms with van der Waals surface area (Å²) in [6.45, 7) is 4.86. The van der Waals surface area contributed by atoms with Gasteiger partial charge in [-0.1, -0.05) is 15.9 Å². The number of aryl methyl sites for hydroxylation is 2. The Hall–Kier alpha value is -0.560. The predicted octanol–water partition coefficient (Wildman–Crippen LogP) is 4.01. The second-order valence-electron chi connectivity index (χ2n) is 3.89. The number of nitrogens with zero attached hydrogens (tertiary/aromatic N) is 1. The van der Waals surface area contributed by atoms with Gasteiger partial charge >= 0.3 is 0 Å². The van der Waals surface area contributed by atoms with Gasteiger partial charge in [0.05, 0.1) is 5.69 Å². The van der Waals surface area contributed by atoms with Crippen LogP contribution in [0.4, 0.5) is 5.69 Å². The smallest absolute Gasteiger partial charge is 0.0643 e. The number of anilines is 1. The summed E-state index contributed by atoms with van der Waals surface area (Å²) in [6, 6.07) is 6.22. The molecular formula is C12H13BrIN3. The lowest BCUT2D eigenvalue weighted by Crippen LogP contribution is -2.02. The van der Waals surface area contributed by atoms with Crippen molar-refractivity contribution in [2.24, 2.45) is 0 Å². The van der Waals surface area contributed by atoms with E-state index < -0.39 is 0 Å². The molecule has 2 aromatic rings. The highest BCUT2D eigenvalue weighted by atomic mass is 127. The summed E-state index contributed by atoms with van der Waals surface area (Å²) in [5.74, 6) is 0. The number of aromatic amines is 1. The maximum atomic E-state index is 4.19. The molecule has 17 heavy (non-hydrogen) atoms. The topological polar surface area (TPSA) is 40.7 Å². The zero-order chi connectivity index (χ0) is 12.4. The van der Waals surface area contributed by atoms with E-state index in [9.17, 15) is 0 Å². The number of hydrogen-bond acceptors (Lipinski definition) is 2. The molecular weight excluding hydrogens is 393 g/mol. The van der Waals surface area contributed by atoms with Crippen molar-refractivity contribution in [2.45, 2.75) is 20.4 Å². The Balaban J connectivity index is 2.15. The molecule has 1 aromatic carbocycles. The largest absolute Gasteiger partial charge is 0.380 e. The number of nitrogens with one attached hydrogen (secondary N) is 2. The Morgan fingerprint density at radius 2 is 2.18 bits per heavy atom. The summed E-state index contributed by atoms with van der Waals surface area (Å²) in [5, 5.41) is 10.6. The van der Waals surface area contributed by atoms with Crippen molar-refractivity contribution >= 4 is 44.2 Å². The third kappa shape index (κ3) is 3.01. The Morgan fingerprint density at radius 3 is 2.82 bits per heavy atom. The zero-order valence-electron chi connectivity index (χ0n) is 9.64. The van der Waals surface area contributed by atoms with Crippen molar-refractivity contribution in [3.05, 3.63) is 43.2 Å². The summed E-state index contributed by atoms with van der Waals surface area (Å²) < 4.78 is 2.30. The van der Waals surface area contributed by atoms with E-state index in [4.69, 9.17) is 0 Å². The summed E-state index contributed by atoms with van der Waals surface area (Å²) in [4.78, 5) is 0. The summed E-state index contributed by atoms with van der Waals surface area (Å²) in [6.07, 6.45) is 0. The van der Waals surface area contributed by atoms with Crippen molar-refractivity contribution in [3.63, 3.8) is 0 Å². The molecule has 3 nitrogen and oxygen atoms in total. The highest BCUT2D eigenvalue weighted by Gasteiger charge is 2.07. The molecule has 5 heteroatoms. The fraction of sp³-hybridized carbons (Fsp3) is 0.250. The van der Waals surface area contributed by atoms with Crippen LogP contribution in [0.1, 0.15) is 17.0 Å². The van der Waals surface area contributed by atoms with E-state index in [2.05, 4.69) is 66.2 Å². The molecule has 0 bridgehead atoms. The molecule has 0 aliphatic carbocycles. The van der Waals surface area contributed by atoms with E-state index in [1.54, 1.807) is 0 Å². The summed E-state index contributed by atoms with van der Waals surface area (Å²) in [7, 11) is 0. The SMILES string of the molecule is Cc1n[nH]c(C)c1CNc1cc(Br)ccc1I. The lowest BCUT2D eigenvalue weighted by atomic mass is 10.2. The molecule has 0 radical (unpaired) electrons. The molecule has 0 unspecified atom stereocenters. The van der Waals surface area contributed by atoms with E-state index in [0.29, 0.717) is 0 Å². The van der Waals surface area contributed by atoms with Crippen LogP contribution in [0.5, 0.6) is 0 Å². The normalized spacial score (nSPS) is 10.6. The van der Waals surface area contributed by atoms with Gasteiger partial charge in [-0.2, -0.15) is 5.10 Å². The van der Waals surface area contributed by atoms with Gasteiger partial charge in [-0.15, -0.1) is 0 Å².